The lowest BCUT2D eigenvalue weighted by atomic mass is 10.0. The van der Waals surface area contributed by atoms with E-state index in [4.69, 9.17) is 0 Å². The van der Waals surface area contributed by atoms with Gasteiger partial charge in [-0.05, 0) is 29.9 Å². The summed E-state index contributed by atoms with van der Waals surface area (Å²) in [7, 11) is 1.73. The number of hydrogen-bond acceptors (Lipinski definition) is 4. The van der Waals surface area contributed by atoms with Crippen molar-refractivity contribution < 1.29 is 9.59 Å². The molecular weight excluding hydrogens is 370 g/mol. The lowest BCUT2D eigenvalue weighted by molar-refractivity contribution is -0.142. The highest BCUT2D eigenvalue weighted by atomic mass is 32.1. The Morgan fingerprint density at radius 2 is 1.89 bits per heavy atom. The van der Waals surface area contributed by atoms with E-state index in [1.165, 1.54) is 0 Å². The van der Waals surface area contributed by atoms with Crippen LogP contribution in [0.1, 0.15) is 48.6 Å². The average molecular weight is 396 g/mol. The van der Waals surface area contributed by atoms with E-state index in [0.29, 0.717) is 6.42 Å². The zero-order valence-electron chi connectivity index (χ0n) is 16.1. The van der Waals surface area contributed by atoms with Gasteiger partial charge in [0.25, 0.3) is 5.91 Å². The van der Waals surface area contributed by atoms with Crippen LogP contribution in [0.15, 0.2) is 52.9 Å². The van der Waals surface area contributed by atoms with Crippen LogP contribution in [0.4, 0.5) is 0 Å². The minimum Gasteiger partial charge on any atom is -0.336 e. The molecule has 2 aromatic rings. The van der Waals surface area contributed by atoms with Crippen LogP contribution < -0.4 is 0 Å². The van der Waals surface area contributed by atoms with Crippen LogP contribution in [-0.4, -0.2) is 41.0 Å². The van der Waals surface area contributed by atoms with E-state index >= 15 is 0 Å². The number of hydrazone groups is 1. The van der Waals surface area contributed by atoms with Gasteiger partial charge in [0.15, 0.2) is 0 Å². The van der Waals surface area contributed by atoms with Crippen LogP contribution in [0.5, 0.6) is 0 Å². The molecule has 1 aromatic heterocycles. The molecule has 0 bridgehead atoms. The van der Waals surface area contributed by atoms with Gasteiger partial charge >= 0.3 is 0 Å². The number of likely N-dealkylation sites (N-methyl/N-ethyl adjacent to an activating group) is 1. The van der Waals surface area contributed by atoms with Gasteiger partial charge in [-0.2, -0.15) is 5.10 Å². The van der Waals surface area contributed by atoms with Crippen LogP contribution in [0.25, 0.3) is 0 Å². The summed E-state index contributed by atoms with van der Waals surface area (Å²) in [5.74, 6) is 0.0319. The average Bonchev–Trinajstić information content (AvgIpc) is 3.49. The Kier molecular flexibility index (Phi) is 5.57. The highest BCUT2D eigenvalue weighted by molar-refractivity contribution is 7.12. The molecule has 1 aromatic carbocycles. The molecule has 1 saturated carbocycles. The van der Waals surface area contributed by atoms with Crippen molar-refractivity contribution in [2.45, 2.75) is 38.1 Å². The van der Waals surface area contributed by atoms with E-state index in [-0.39, 0.29) is 30.3 Å². The van der Waals surface area contributed by atoms with Crippen LogP contribution in [0.2, 0.25) is 0 Å². The normalized spacial score (nSPS) is 19.7. The fraction of sp³-hybridized carbons (Fsp3) is 0.409. The Morgan fingerprint density at radius 1 is 1.14 bits per heavy atom. The second-order valence-electron chi connectivity index (χ2n) is 7.57. The summed E-state index contributed by atoms with van der Waals surface area (Å²) in [6.45, 7) is 0.0693. The van der Waals surface area contributed by atoms with Gasteiger partial charge in [-0.1, -0.05) is 49.2 Å². The number of hydrogen-bond donors (Lipinski definition) is 0. The van der Waals surface area contributed by atoms with Gasteiger partial charge in [-0.3, -0.25) is 9.59 Å². The first-order valence-corrected chi connectivity index (χ1v) is 10.7. The minimum absolute atomic E-state index is 0.0693. The molecule has 2 heterocycles. The smallest absolute Gasteiger partial charge is 0.262 e. The summed E-state index contributed by atoms with van der Waals surface area (Å²) in [5, 5.41) is 8.28. The molecule has 2 aliphatic rings. The number of carbonyl (C=O) groups excluding carboxylic acids is 2. The molecule has 4 rings (SSSR count). The molecule has 1 fully saturated rings. The summed E-state index contributed by atoms with van der Waals surface area (Å²) in [6.07, 6.45) is 4.78. The van der Waals surface area contributed by atoms with Crippen molar-refractivity contribution in [1.82, 2.24) is 9.91 Å². The van der Waals surface area contributed by atoms with E-state index in [2.05, 4.69) is 5.10 Å². The molecule has 28 heavy (non-hydrogen) atoms. The molecule has 0 spiro atoms. The summed E-state index contributed by atoms with van der Waals surface area (Å²) in [5.41, 5.74) is 2.00. The third-order valence-electron chi connectivity index (χ3n) is 5.61. The van der Waals surface area contributed by atoms with Crippen molar-refractivity contribution in [3.8, 4) is 0 Å². The number of nitrogens with zero attached hydrogens (tertiary/aromatic N) is 3. The number of amides is 2. The van der Waals surface area contributed by atoms with E-state index in [1.54, 1.807) is 28.3 Å². The van der Waals surface area contributed by atoms with Crippen molar-refractivity contribution in [3.05, 3.63) is 58.3 Å². The van der Waals surface area contributed by atoms with Crippen LogP contribution in [0.3, 0.4) is 0 Å². The van der Waals surface area contributed by atoms with Gasteiger partial charge in [0.1, 0.15) is 6.54 Å². The maximum Gasteiger partial charge on any atom is 0.262 e. The Hall–Kier alpha value is -2.47. The van der Waals surface area contributed by atoms with E-state index in [1.807, 2.05) is 47.8 Å². The predicted molar refractivity (Wildman–Crippen MR) is 111 cm³/mol. The monoisotopic (exact) mass is 395 g/mol. The van der Waals surface area contributed by atoms with Gasteiger partial charge in [0, 0.05) is 19.4 Å². The van der Waals surface area contributed by atoms with Crippen LogP contribution in [-0.2, 0) is 9.59 Å². The molecule has 0 N–H and O–H groups in total. The lowest BCUT2D eigenvalue weighted by Crippen LogP contribution is -2.41. The van der Waals surface area contributed by atoms with Crippen LogP contribution >= 0.6 is 11.3 Å². The third-order valence-corrected chi connectivity index (χ3v) is 6.53. The molecule has 1 aliphatic carbocycles. The SMILES string of the molecule is CN(CC(=O)N1N=C(c2cccs2)C[C@H]1c1ccccc1)C(=O)C1CCCC1. The fourth-order valence-electron chi connectivity index (χ4n) is 4.10. The topological polar surface area (TPSA) is 53.0 Å². The first-order valence-electron chi connectivity index (χ1n) is 9.87. The molecule has 1 aliphatic heterocycles. The maximum absolute atomic E-state index is 13.1. The Labute approximate surface area is 169 Å². The Bertz CT molecular complexity index is 857. The van der Waals surface area contributed by atoms with Crippen molar-refractivity contribution in [1.29, 1.82) is 0 Å². The van der Waals surface area contributed by atoms with Crippen molar-refractivity contribution in [2.24, 2.45) is 11.0 Å². The summed E-state index contributed by atoms with van der Waals surface area (Å²) in [4.78, 5) is 28.4. The fourth-order valence-corrected chi connectivity index (χ4v) is 4.83. The van der Waals surface area contributed by atoms with E-state index in [9.17, 15) is 9.59 Å². The Morgan fingerprint density at radius 3 is 2.57 bits per heavy atom. The highest BCUT2D eigenvalue weighted by Crippen LogP contribution is 2.34. The molecule has 2 amide bonds. The number of thiophene rings is 1. The molecule has 0 radical (unpaired) electrons. The summed E-state index contributed by atoms with van der Waals surface area (Å²) in [6, 6.07) is 13.9. The zero-order chi connectivity index (χ0) is 19.5. The zero-order valence-corrected chi connectivity index (χ0v) is 16.9. The van der Waals surface area contributed by atoms with E-state index < -0.39 is 0 Å². The maximum atomic E-state index is 13.1. The Balaban J connectivity index is 1.53. The summed E-state index contributed by atoms with van der Waals surface area (Å²) < 4.78 is 0. The molecule has 1 atom stereocenters. The number of rotatable bonds is 5. The second kappa shape index (κ2) is 8.27. The van der Waals surface area contributed by atoms with Crippen molar-refractivity contribution >= 4 is 28.9 Å². The number of benzene rings is 1. The lowest BCUT2D eigenvalue weighted by Gasteiger charge is -2.26. The second-order valence-corrected chi connectivity index (χ2v) is 8.52. The number of carbonyl (C=O) groups is 2. The van der Waals surface area contributed by atoms with Gasteiger partial charge in [-0.15, -0.1) is 11.3 Å². The van der Waals surface area contributed by atoms with Gasteiger partial charge in [-0.25, -0.2) is 5.01 Å². The van der Waals surface area contributed by atoms with Crippen LogP contribution in [0, 0.1) is 5.92 Å². The van der Waals surface area contributed by atoms with Gasteiger partial charge < -0.3 is 4.90 Å². The quantitative estimate of drug-likeness (QED) is 0.766. The largest absolute Gasteiger partial charge is 0.336 e. The highest BCUT2D eigenvalue weighted by Gasteiger charge is 2.35. The van der Waals surface area contributed by atoms with Gasteiger partial charge in [0.2, 0.25) is 5.91 Å². The molecule has 0 unspecified atom stereocenters. The third kappa shape index (κ3) is 3.87. The minimum atomic E-state index is -0.130. The first-order chi connectivity index (χ1) is 13.6. The van der Waals surface area contributed by atoms with E-state index in [0.717, 1.165) is 41.8 Å². The molecular formula is C22H25N3O2S. The molecule has 5 nitrogen and oxygen atoms in total. The molecule has 6 heteroatoms. The molecule has 0 saturated heterocycles. The molecule has 146 valence electrons. The standard InChI is InChI=1S/C22H25N3O2S/c1-24(22(27)17-10-5-6-11-17)15-21(26)25-19(16-8-3-2-4-9-16)14-18(23-25)20-12-7-13-28-20/h2-4,7-9,12-13,17,19H,5-6,10-11,14-15H2,1H3/t19-/m0/s1. The van der Waals surface area contributed by atoms with Crippen molar-refractivity contribution in [3.63, 3.8) is 0 Å². The predicted octanol–water partition coefficient (Wildman–Crippen LogP) is 4.07. The first kappa shape index (κ1) is 18.9. The van der Waals surface area contributed by atoms with Gasteiger partial charge in [0.05, 0.1) is 16.6 Å². The summed E-state index contributed by atoms with van der Waals surface area (Å²) >= 11 is 1.63. The van der Waals surface area contributed by atoms with Crippen molar-refractivity contribution in [2.75, 3.05) is 13.6 Å².